The van der Waals surface area contributed by atoms with Gasteiger partial charge in [0.15, 0.2) is 0 Å². The molecule has 0 aliphatic heterocycles. The van der Waals surface area contributed by atoms with Crippen molar-refractivity contribution in [3.8, 4) is 11.1 Å². The largest absolute Gasteiger partial charge is 0.272 e. The summed E-state index contributed by atoms with van der Waals surface area (Å²) in [4.78, 5) is 10.6. The summed E-state index contributed by atoms with van der Waals surface area (Å²) >= 11 is 0. The second-order valence-corrected chi connectivity index (χ2v) is 4.07. The Morgan fingerprint density at radius 1 is 1.00 bits per heavy atom. The van der Waals surface area contributed by atoms with Crippen LogP contribution in [0, 0.1) is 24.0 Å². The van der Waals surface area contributed by atoms with Gasteiger partial charge in [-0.05, 0) is 30.5 Å². The smallest absolute Gasteiger partial charge is 0.258 e. The van der Waals surface area contributed by atoms with Gasteiger partial charge in [-0.2, -0.15) is 0 Å². The molecule has 0 bridgehead atoms. The molecule has 86 valence electrons. The standard InChI is InChI=1S/C14H13NO2/c1-10-5-3-4-6-13(10)12-8-7-11(2)14(9-12)15(16)17/h3-9H,1-2H3. The minimum Gasteiger partial charge on any atom is -0.258 e. The van der Waals surface area contributed by atoms with Crippen molar-refractivity contribution in [2.24, 2.45) is 0 Å². The van der Waals surface area contributed by atoms with Crippen LogP contribution < -0.4 is 0 Å². The number of hydrogen-bond donors (Lipinski definition) is 0. The van der Waals surface area contributed by atoms with Gasteiger partial charge in [0.05, 0.1) is 4.92 Å². The summed E-state index contributed by atoms with van der Waals surface area (Å²) < 4.78 is 0. The van der Waals surface area contributed by atoms with Gasteiger partial charge in [0.1, 0.15) is 0 Å². The van der Waals surface area contributed by atoms with Crippen LogP contribution in [0.3, 0.4) is 0 Å². The Hall–Kier alpha value is -2.16. The predicted octanol–water partition coefficient (Wildman–Crippen LogP) is 3.88. The van der Waals surface area contributed by atoms with Gasteiger partial charge in [-0.1, -0.05) is 36.4 Å². The molecule has 0 saturated heterocycles. The van der Waals surface area contributed by atoms with Crippen LogP contribution in [0.5, 0.6) is 0 Å². The van der Waals surface area contributed by atoms with Crippen LogP contribution in [-0.4, -0.2) is 4.92 Å². The quantitative estimate of drug-likeness (QED) is 0.577. The number of nitrogens with zero attached hydrogens (tertiary/aromatic N) is 1. The van der Waals surface area contributed by atoms with E-state index in [0.29, 0.717) is 5.56 Å². The molecule has 0 N–H and O–H groups in total. The first-order valence-electron chi connectivity index (χ1n) is 5.40. The Morgan fingerprint density at radius 2 is 1.71 bits per heavy atom. The second kappa shape index (κ2) is 4.37. The molecule has 0 aliphatic rings. The van der Waals surface area contributed by atoms with Gasteiger partial charge in [0.25, 0.3) is 5.69 Å². The van der Waals surface area contributed by atoms with Gasteiger partial charge < -0.3 is 0 Å². The Bertz CT molecular complexity index is 576. The molecule has 2 aromatic rings. The molecule has 17 heavy (non-hydrogen) atoms. The van der Waals surface area contributed by atoms with E-state index < -0.39 is 0 Å². The number of rotatable bonds is 2. The minimum atomic E-state index is -0.336. The second-order valence-electron chi connectivity index (χ2n) is 4.07. The maximum absolute atomic E-state index is 10.9. The molecule has 0 aromatic heterocycles. The number of nitro groups is 1. The fourth-order valence-electron chi connectivity index (χ4n) is 1.87. The van der Waals surface area contributed by atoms with Crippen molar-refractivity contribution in [2.45, 2.75) is 13.8 Å². The lowest BCUT2D eigenvalue weighted by molar-refractivity contribution is -0.385. The highest BCUT2D eigenvalue weighted by Gasteiger charge is 2.12. The molecule has 0 atom stereocenters. The van der Waals surface area contributed by atoms with Crippen molar-refractivity contribution in [3.05, 3.63) is 63.7 Å². The summed E-state index contributed by atoms with van der Waals surface area (Å²) in [6.45, 7) is 3.75. The Kier molecular flexibility index (Phi) is 2.91. The molecule has 3 heteroatoms. The molecule has 3 nitrogen and oxygen atoms in total. The first kappa shape index (κ1) is 11.3. The van der Waals surface area contributed by atoms with Crippen LogP contribution in [0.1, 0.15) is 11.1 Å². The summed E-state index contributed by atoms with van der Waals surface area (Å²) in [5.41, 5.74) is 3.90. The van der Waals surface area contributed by atoms with Crippen LogP contribution in [0.4, 0.5) is 5.69 Å². The van der Waals surface area contributed by atoms with E-state index in [1.54, 1.807) is 19.1 Å². The molecule has 0 saturated carbocycles. The van der Waals surface area contributed by atoms with Crippen molar-refractivity contribution in [1.29, 1.82) is 0 Å². The van der Waals surface area contributed by atoms with E-state index in [4.69, 9.17) is 0 Å². The van der Waals surface area contributed by atoms with Crippen molar-refractivity contribution in [1.82, 2.24) is 0 Å². The van der Waals surface area contributed by atoms with Crippen molar-refractivity contribution < 1.29 is 4.92 Å². The summed E-state index contributed by atoms with van der Waals surface area (Å²) in [6.07, 6.45) is 0. The lowest BCUT2D eigenvalue weighted by atomic mass is 9.99. The van der Waals surface area contributed by atoms with E-state index in [1.165, 1.54) is 0 Å². The number of aryl methyl sites for hydroxylation is 2. The number of benzene rings is 2. The average Bonchev–Trinajstić information content (AvgIpc) is 2.30. The zero-order valence-corrected chi connectivity index (χ0v) is 9.81. The third-order valence-corrected chi connectivity index (χ3v) is 2.86. The lowest BCUT2D eigenvalue weighted by Gasteiger charge is -2.06. The van der Waals surface area contributed by atoms with Gasteiger partial charge in [-0.25, -0.2) is 0 Å². The summed E-state index contributed by atoms with van der Waals surface area (Å²) in [5.74, 6) is 0. The molecule has 0 fully saturated rings. The monoisotopic (exact) mass is 227 g/mol. The highest BCUT2D eigenvalue weighted by atomic mass is 16.6. The molecular formula is C14H13NO2. The topological polar surface area (TPSA) is 43.1 Å². The van der Waals surface area contributed by atoms with E-state index in [0.717, 1.165) is 16.7 Å². The fraction of sp³-hybridized carbons (Fsp3) is 0.143. The van der Waals surface area contributed by atoms with Crippen LogP contribution >= 0.6 is 0 Å². The van der Waals surface area contributed by atoms with E-state index in [-0.39, 0.29) is 10.6 Å². The van der Waals surface area contributed by atoms with Crippen LogP contribution in [0.2, 0.25) is 0 Å². The maximum atomic E-state index is 10.9. The van der Waals surface area contributed by atoms with Gasteiger partial charge in [0.2, 0.25) is 0 Å². The van der Waals surface area contributed by atoms with E-state index in [1.807, 2.05) is 37.3 Å². The normalized spacial score (nSPS) is 10.2. The van der Waals surface area contributed by atoms with Crippen molar-refractivity contribution >= 4 is 5.69 Å². The summed E-state index contributed by atoms with van der Waals surface area (Å²) in [7, 11) is 0. The van der Waals surface area contributed by atoms with Crippen LogP contribution in [0.25, 0.3) is 11.1 Å². The Balaban J connectivity index is 2.58. The third kappa shape index (κ3) is 2.18. The predicted molar refractivity (Wildman–Crippen MR) is 68.0 cm³/mol. The zero-order chi connectivity index (χ0) is 12.4. The van der Waals surface area contributed by atoms with Crippen molar-refractivity contribution in [3.63, 3.8) is 0 Å². The maximum Gasteiger partial charge on any atom is 0.272 e. The highest BCUT2D eigenvalue weighted by molar-refractivity contribution is 5.70. The number of nitro benzene ring substituents is 1. The van der Waals surface area contributed by atoms with Gasteiger partial charge in [-0.15, -0.1) is 0 Å². The SMILES string of the molecule is Cc1ccccc1-c1ccc(C)c([N+](=O)[O-])c1. The molecule has 0 unspecified atom stereocenters. The highest BCUT2D eigenvalue weighted by Crippen LogP contribution is 2.28. The molecule has 0 aliphatic carbocycles. The first-order chi connectivity index (χ1) is 8.09. The molecule has 0 amide bonds. The van der Waals surface area contributed by atoms with Gasteiger partial charge in [0, 0.05) is 11.6 Å². The Morgan fingerprint density at radius 3 is 2.35 bits per heavy atom. The average molecular weight is 227 g/mol. The summed E-state index contributed by atoms with van der Waals surface area (Å²) in [5, 5.41) is 10.9. The van der Waals surface area contributed by atoms with Crippen molar-refractivity contribution in [2.75, 3.05) is 0 Å². The van der Waals surface area contributed by atoms with Crippen LogP contribution in [-0.2, 0) is 0 Å². The fourth-order valence-corrected chi connectivity index (χ4v) is 1.87. The molecular weight excluding hydrogens is 214 g/mol. The van der Waals surface area contributed by atoms with E-state index >= 15 is 0 Å². The Labute approximate surface area is 99.9 Å². The first-order valence-corrected chi connectivity index (χ1v) is 5.40. The van der Waals surface area contributed by atoms with E-state index in [9.17, 15) is 10.1 Å². The van der Waals surface area contributed by atoms with E-state index in [2.05, 4.69) is 0 Å². The molecule has 0 radical (unpaired) electrons. The molecule has 2 rings (SSSR count). The van der Waals surface area contributed by atoms with Crippen LogP contribution in [0.15, 0.2) is 42.5 Å². The van der Waals surface area contributed by atoms with Gasteiger partial charge >= 0.3 is 0 Å². The minimum absolute atomic E-state index is 0.172. The molecule has 2 aromatic carbocycles. The number of hydrogen-bond acceptors (Lipinski definition) is 2. The zero-order valence-electron chi connectivity index (χ0n) is 9.81. The van der Waals surface area contributed by atoms with Gasteiger partial charge in [-0.3, -0.25) is 10.1 Å². The molecule has 0 spiro atoms. The lowest BCUT2D eigenvalue weighted by Crippen LogP contribution is -1.92. The molecule has 0 heterocycles. The summed E-state index contributed by atoms with van der Waals surface area (Å²) in [6, 6.07) is 13.2. The third-order valence-electron chi connectivity index (χ3n) is 2.86.